The van der Waals surface area contributed by atoms with E-state index in [2.05, 4.69) is 0 Å². The second-order valence-electron chi connectivity index (χ2n) is 7.18. The van der Waals surface area contributed by atoms with Crippen molar-refractivity contribution in [1.29, 1.82) is 0 Å². The minimum absolute atomic E-state index is 0.214. The van der Waals surface area contributed by atoms with Gasteiger partial charge in [-0.15, -0.1) is 0 Å². The van der Waals surface area contributed by atoms with Crippen LogP contribution in [0, 0.1) is 5.41 Å². The van der Waals surface area contributed by atoms with Crippen LogP contribution in [-0.2, 0) is 20.9 Å². The van der Waals surface area contributed by atoms with Crippen molar-refractivity contribution in [3.8, 4) is 0 Å². The normalized spacial score (nSPS) is 33.0. The summed E-state index contributed by atoms with van der Waals surface area (Å²) in [7, 11) is 0. The fourth-order valence-electron chi connectivity index (χ4n) is 4.41. The summed E-state index contributed by atoms with van der Waals surface area (Å²) in [6, 6.07) is 9.46. The number of hydrogen-bond donors (Lipinski definition) is 1. The van der Waals surface area contributed by atoms with E-state index >= 15 is 0 Å². The zero-order valence-corrected chi connectivity index (χ0v) is 12.9. The maximum atomic E-state index is 12.1. The second-order valence-corrected chi connectivity index (χ2v) is 7.18. The molecule has 3 saturated heterocycles. The van der Waals surface area contributed by atoms with Crippen LogP contribution in [0.4, 0.5) is 4.79 Å². The highest BCUT2D eigenvalue weighted by atomic mass is 16.6. The quantitative estimate of drug-likeness (QED) is 0.923. The number of nitrogens with zero attached hydrogens (tertiary/aromatic N) is 1. The fraction of sp³-hybridized carbons (Fsp3) is 0.529. The van der Waals surface area contributed by atoms with Crippen LogP contribution in [0.5, 0.6) is 0 Å². The molecule has 1 N–H and O–H groups in total. The predicted molar refractivity (Wildman–Crippen MR) is 79.7 cm³/mol. The fourth-order valence-corrected chi connectivity index (χ4v) is 4.41. The minimum atomic E-state index is -0.835. The number of benzene rings is 1. The number of hydrogen-bond acceptors (Lipinski definition) is 4. The van der Waals surface area contributed by atoms with Crippen molar-refractivity contribution >= 4 is 12.1 Å². The van der Waals surface area contributed by atoms with Crippen molar-refractivity contribution in [1.82, 2.24) is 4.90 Å². The van der Waals surface area contributed by atoms with E-state index in [1.165, 1.54) is 4.90 Å². The molecule has 2 bridgehead atoms. The van der Waals surface area contributed by atoms with Crippen LogP contribution in [0.2, 0.25) is 0 Å². The molecule has 1 aromatic carbocycles. The number of rotatable bonds is 3. The number of carbonyl (C=O) groups is 2. The molecule has 1 aliphatic carbocycles. The van der Waals surface area contributed by atoms with Gasteiger partial charge in [-0.3, -0.25) is 4.79 Å². The van der Waals surface area contributed by atoms with Crippen molar-refractivity contribution in [3.63, 3.8) is 0 Å². The van der Waals surface area contributed by atoms with Gasteiger partial charge in [0.1, 0.15) is 17.6 Å². The Morgan fingerprint density at radius 3 is 2.52 bits per heavy atom. The van der Waals surface area contributed by atoms with E-state index in [0.717, 1.165) is 5.56 Å². The van der Waals surface area contributed by atoms with Crippen molar-refractivity contribution < 1.29 is 24.2 Å². The third-order valence-electron chi connectivity index (χ3n) is 5.43. The Morgan fingerprint density at radius 1 is 1.26 bits per heavy atom. The highest BCUT2D eigenvalue weighted by Gasteiger charge is 2.80. The Balaban J connectivity index is 1.38. The Hall–Kier alpha value is -2.08. The number of carbonyl (C=O) groups excluding carboxylic acids is 1. The maximum absolute atomic E-state index is 12.1. The van der Waals surface area contributed by atoms with E-state index in [1.54, 1.807) is 0 Å². The highest BCUT2D eigenvalue weighted by molar-refractivity contribution is 5.81. The lowest BCUT2D eigenvalue weighted by molar-refractivity contribution is -0.171. The SMILES string of the molecule is CC12CC(C(=O)O)(C1)C1(CN(C(=O)OCc3ccccc3)C1)O2. The first kappa shape index (κ1) is 14.5. The number of carboxylic acid groups (broad SMARTS) is 1. The lowest BCUT2D eigenvalue weighted by Gasteiger charge is -2.52. The summed E-state index contributed by atoms with van der Waals surface area (Å²) in [6.07, 6.45) is 0.641. The topological polar surface area (TPSA) is 76.1 Å². The summed E-state index contributed by atoms with van der Waals surface area (Å²) in [5, 5.41) is 9.59. The molecular formula is C17H19NO5. The predicted octanol–water partition coefficient (Wildman–Crippen LogP) is 2.03. The maximum Gasteiger partial charge on any atom is 0.410 e. The number of carboxylic acids is 1. The second kappa shape index (κ2) is 4.47. The average molecular weight is 317 g/mol. The molecular weight excluding hydrogens is 298 g/mol. The molecule has 23 heavy (non-hydrogen) atoms. The summed E-state index contributed by atoms with van der Waals surface area (Å²) in [4.78, 5) is 25.3. The lowest BCUT2D eigenvalue weighted by Crippen LogP contribution is -2.70. The zero-order chi connectivity index (χ0) is 16.3. The third kappa shape index (κ3) is 1.91. The van der Waals surface area contributed by atoms with Crippen LogP contribution in [0.15, 0.2) is 30.3 Å². The molecule has 0 radical (unpaired) electrons. The summed E-state index contributed by atoms with van der Waals surface area (Å²) in [6.45, 7) is 2.75. The molecule has 4 fully saturated rings. The number of ether oxygens (including phenoxy) is 2. The van der Waals surface area contributed by atoms with Crippen molar-refractivity contribution in [2.75, 3.05) is 13.1 Å². The minimum Gasteiger partial charge on any atom is -0.481 e. The van der Waals surface area contributed by atoms with Gasteiger partial charge in [0.15, 0.2) is 0 Å². The van der Waals surface area contributed by atoms with Crippen molar-refractivity contribution in [3.05, 3.63) is 35.9 Å². The van der Waals surface area contributed by atoms with Crippen LogP contribution < -0.4 is 0 Å². The summed E-state index contributed by atoms with van der Waals surface area (Å²) < 4.78 is 11.3. The summed E-state index contributed by atoms with van der Waals surface area (Å²) in [5.41, 5.74) is -1.000. The van der Waals surface area contributed by atoms with Crippen molar-refractivity contribution in [2.45, 2.75) is 37.6 Å². The van der Waals surface area contributed by atoms with E-state index in [0.29, 0.717) is 25.9 Å². The van der Waals surface area contributed by atoms with Crippen LogP contribution in [0.1, 0.15) is 25.3 Å². The molecule has 1 amide bonds. The first-order chi connectivity index (χ1) is 10.9. The van der Waals surface area contributed by atoms with Crippen LogP contribution in [0.25, 0.3) is 0 Å². The Labute approximate surface area is 134 Å². The Morgan fingerprint density at radius 2 is 1.91 bits per heavy atom. The standard InChI is InChI=1S/C17H19NO5/c1-15-8-16(9-15,13(19)20)17(23-15)10-18(11-17)14(21)22-7-12-5-3-2-4-6-12/h2-6H,7-11H2,1H3,(H,19,20). The molecule has 3 heterocycles. The van der Waals surface area contributed by atoms with Gasteiger partial charge in [-0.1, -0.05) is 30.3 Å². The van der Waals surface area contributed by atoms with Gasteiger partial charge in [0.2, 0.25) is 0 Å². The van der Waals surface area contributed by atoms with Crippen LogP contribution in [-0.4, -0.2) is 46.4 Å². The first-order valence-corrected chi connectivity index (χ1v) is 7.77. The van der Waals surface area contributed by atoms with E-state index in [1.807, 2.05) is 37.3 Å². The third-order valence-corrected chi connectivity index (χ3v) is 5.43. The van der Waals surface area contributed by atoms with E-state index in [9.17, 15) is 14.7 Å². The van der Waals surface area contributed by atoms with Crippen LogP contribution in [0.3, 0.4) is 0 Å². The molecule has 1 spiro atoms. The number of likely N-dealkylation sites (tertiary alicyclic amines) is 1. The van der Waals surface area contributed by atoms with Gasteiger partial charge >= 0.3 is 12.1 Å². The first-order valence-electron chi connectivity index (χ1n) is 7.77. The average Bonchev–Trinajstić information content (AvgIpc) is 2.89. The van der Waals surface area contributed by atoms with Gasteiger partial charge in [0, 0.05) is 0 Å². The molecule has 6 heteroatoms. The number of aliphatic carboxylic acids is 1. The smallest absolute Gasteiger partial charge is 0.410 e. The summed E-state index contributed by atoms with van der Waals surface area (Å²) in [5.74, 6) is -0.815. The molecule has 1 saturated carbocycles. The molecule has 1 aromatic rings. The summed E-state index contributed by atoms with van der Waals surface area (Å²) >= 11 is 0. The van der Waals surface area contributed by atoms with Gasteiger partial charge in [0.25, 0.3) is 0 Å². The number of amides is 1. The van der Waals surface area contributed by atoms with Crippen LogP contribution >= 0.6 is 0 Å². The molecule has 4 aliphatic rings. The largest absolute Gasteiger partial charge is 0.481 e. The Kier molecular flexibility index (Phi) is 2.82. The molecule has 3 aliphatic heterocycles. The van der Waals surface area contributed by atoms with E-state index < -0.39 is 23.1 Å². The van der Waals surface area contributed by atoms with Gasteiger partial charge < -0.3 is 19.5 Å². The molecule has 0 unspecified atom stereocenters. The lowest BCUT2D eigenvalue weighted by atomic mass is 9.54. The van der Waals surface area contributed by atoms with Crippen molar-refractivity contribution in [2.24, 2.45) is 5.41 Å². The van der Waals surface area contributed by atoms with Gasteiger partial charge in [-0.2, -0.15) is 0 Å². The molecule has 5 rings (SSSR count). The Bertz CT molecular complexity index is 659. The molecule has 6 nitrogen and oxygen atoms in total. The van der Waals surface area contributed by atoms with Gasteiger partial charge in [-0.05, 0) is 25.3 Å². The molecule has 122 valence electrons. The van der Waals surface area contributed by atoms with E-state index in [-0.39, 0.29) is 12.2 Å². The van der Waals surface area contributed by atoms with Gasteiger partial charge in [-0.25, -0.2) is 4.79 Å². The molecule has 0 aromatic heterocycles. The zero-order valence-electron chi connectivity index (χ0n) is 12.9. The monoisotopic (exact) mass is 317 g/mol. The molecule has 0 atom stereocenters. The highest BCUT2D eigenvalue weighted by Crippen LogP contribution is 2.68. The van der Waals surface area contributed by atoms with Gasteiger partial charge in [0.05, 0.1) is 18.7 Å². The van der Waals surface area contributed by atoms with E-state index in [4.69, 9.17) is 9.47 Å².